The molecule has 0 saturated heterocycles. The van der Waals surface area contributed by atoms with Crippen molar-refractivity contribution in [2.45, 2.75) is 6.42 Å². The van der Waals surface area contributed by atoms with E-state index in [0.717, 1.165) is 0 Å². The van der Waals surface area contributed by atoms with Crippen LogP contribution in [0.5, 0.6) is 5.75 Å². The normalized spacial score (nSPS) is 11.7. The van der Waals surface area contributed by atoms with Crippen LogP contribution in [-0.2, 0) is 6.42 Å². The van der Waals surface area contributed by atoms with Crippen LogP contribution >= 0.6 is 15.9 Å². The van der Waals surface area contributed by atoms with Gasteiger partial charge in [-0.1, -0.05) is 28.1 Å². The Hall–Kier alpha value is -3.51. The molecule has 0 unspecified atom stereocenters. The monoisotopic (exact) mass is 495 g/mol. The highest BCUT2D eigenvalue weighted by molar-refractivity contribution is 9.10. The van der Waals surface area contributed by atoms with Crippen molar-refractivity contribution in [2.24, 2.45) is 0 Å². The minimum atomic E-state index is -1.17. The van der Waals surface area contributed by atoms with E-state index in [1.165, 1.54) is 18.2 Å². The molecule has 164 valence electrons. The zero-order valence-corrected chi connectivity index (χ0v) is 17.5. The summed E-state index contributed by atoms with van der Waals surface area (Å²) in [5, 5.41) is 32.1. The van der Waals surface area contributed by atoms with E-state index < -0.39 is 11.0 Å². The number of hydrogen-bond donors (Lipinski definition) is 4. The average Bonchev–Trinajstić information content (AvgIpc) is 3.00. The molecule has 2 aromatic carbocycles. The van der Waals surface area contributed by atoms with Gasteiger partial charge in [0.25, 0.3) is 11.8 Å². The Balaban J connectivity index is 0.000000224. The molecule has 0 saturated carbocycles. The number of fused-ring (bicyclic) bond motifs is 1. The molecule has 0 spiro atoms. The lowest BCUT2D eigenvalue weighted by Gasteiger charge is -2.06. The van der Waals surface area contributed by atoms with E-state index in [1.54, 1.807) is 18.2 Å². The standard InChI is InChI=1S/C10H9NO3.C9H9BrN2O5/c12-5-4-6-2-1-3-7-8(6)10(14)11-9(7)13;10-6-1-2-7(12(15)16)8(5-6)17-4-3-11-9(13)14/h1-3,12H,4-5H2,(H,11,13,14);1-2,5,11H,3-4H2,(H,13,14). The fraction of sp³-hybridized carbons (Fsp3) is 0.211. The van der Waals surface area contributed by atoms with Crippen molar-refractivity contribution in [3.05, 3.63) is 67.7 Å². The molecule has 1 heterocycles. The highest BCUT2D eigenvalue weighted by Gasteiger charge is 2.28. The highest BCUT2D eigenvalue weighted by atomic mass is 79.9. The Kier molecular flexibility index (Phi) is 8.46. The van der Waals surface area contributed by atoms with Crippen LogP contribution in [0.4, 0.5) is 10.5 Å². The zero-order valence-electron chi connectivity index (χ0n) is 16.0. The number of nitro benzene ring substituents is 1. The van der Waals surface area contributed by atoms with Crippen LogP contribution in [0.15, 0.2) is 40.9 Å². The number of aliphatic hydroxyl groups excluding tert-OH is 1. The van der Waals surface area contributed by atoms with Gasteiger partial charge in [-0.3, -0.25) is 25.0 Å². The molecule has 0 aliphatic carbocycles. The van der Waals surface area contributed by atoms with Gasteiger partial charge in [-0.25, -0.2) is 4.79 Å². The molecule has 3 amide bonds. The van der Waals surface area contributed by atoms with Crippen LogP contribution in [-0.4, -0.2) is 52.8 Å². The van der Waals surface area contributed by atoms with Crippen molar-refractivity contribution >= 4 is 39.5 Å². The zero-order chi connectivity index (χ0) is 23.0. The Bertz CT molecular complexity index is 1010. The van der Waals surface area contributed by atoms with Crippen molar-refractivity contribution in [2.75, 3.05) is 19.8 Å². The minimum Gasteiger partial charge on any atom is -0.485 e. The lowest BCUT2D eigenvalue weighted by molar-refractivity contribution is -0.385. The number of nitro groups is 1. The summed E-state index contributed by atoms with van der Waals surface area (Å²) in [6, 6.07) is 9.36. The molecule has 0 atom stereocenters. The summed E-state index contributed by atoms with van der Waals surface area (Å²) in [4.78, 5) is 42.9. The lowest BCUT2D eigenvalue weighted by atomic mass is 10.0. The fourth-order valence-electron chi connectivity index (χ4n) is 2.69. The summed E-state index contributed by atoms with van der Waals surface area (Å²) in [6.07, 6.45) is -0.776. The molecule has 0 fully saturated rings. The van der Waals surface area contributed by atoms with E-state index in [9.17, 15) is 24.5 Å². The SMILES string of the molecule is O=C(O)NCCOc1cc(Br)ccc1[N+](=O)[O-].O=C1NC(=O)c2c(CCO)cccc21. The molecule has 31 heavy (non-hydrogen) atoms. The summed E-state index contributed by atoms with van der Waals surface area (Å²) in [5.74, 6) is -0.629. The summed E-state index contributed by atoms with van der Waals surface area (Å²) < 4.78 is 5.78. The van der Waals surface area contributed by atoms with Crippen molar-refractivity contribution in [3.8, 4) is 5.75 Å². The fourth-order valence-corrected chi connectivity index (χ4v) is 3.03. The maximum atomic E-state index is 11.4. The third-order valence-corrected chi connectivity index (χ3v) is 4.48. The van der Waals surface area contributed by atoms with Crippen LogP contribution in [0.3, 0.4) is 0 Å². The van der Waals surface area contributed by atoms with Gasteiger partial charge in [0.05, 0.1) is 22.6 Å². The molecular weight excluding hydrogens is 478 g/mol. The van der Waals surface area contributed by atoms with Crippen LogP contribution in [0.25, 0.3) is 0 Å². The number of halogens is 1. The van der Waals surface area contributed by atoms with Crippen LogP contribution in [0, 0.1) is 10.1 Å². The summed E-state index contributed by atoms with van der Waals surface area (Å²) in [5.41, 5.74) is 1.37. The second-order valence-electron chi connectivity index (χ2n) is 6.05. The number of ether oxygens (including phenoxy) is 1. The van der Waals surface area contributed by atoms with Gasteiger partial charge in [0.2, 0.25) is 0 Å². The first-order valence-corrected chi connectivity index (χ1v) is 9.65. The number of carbonyl (C=O) groups is 3. The molecule has 0 bridgehead atoms. The number of amides is 3. The quantitative estimate of drug-likeness (QED) is 0.196. The van der Waals surface area contributed by atoms with E-state index in [4.69, 9.17) is 14.9 Å². The molecule has 0 radical (unpaired) electrons. The number of imide groups is 1. The summed E-state index contributed by atoms with van der Waals surface area (Å²) in [6.45, 7) is 0.0422. The number of hydrogen-bond acceptors (Lipinski definition) is 7. The van der Waals surface area contributed by atoms with E-state index in [-0.39, 0.29) is 43.0 Å². The van der Waals surface area contributed by atoms with Gasteiger partial charge in [0, 0.05) is 23.2 Å². The maximum Gasteiger partial charge on any atom is 0.404 e. The number of carbonyl (C=O) groups excluding carboxylic acids is 2. The van der Waals surface area contributed by atoms with Gasteiger partial charge in [0.15, 0.2) is 5.75 Å². The van der Waals surface area contributed by atoms with Crippen molar-refractivity contribution < 1.29 is 34.3 Å². The smallest absolute Gasteiger partial charge is 0.404 e. The lowest BCUT2D eigenvalue weighted by Crippen LogP contribution is -2.26. The van der Waals surface area contributed by atoms with E-state index in [2.05, 4.69) is 26.6 Å². The predicted molar refractivity (Wildman–Crippen MR) is 111 cm³/mol. The molecule has 2 aromatic rings. The Morgan fingerprint density at radius 3 is 2.61 bits per heavy atom. The van der Waals surface area contributed by atoms with Crippen molar-refractivity contribution in [3.63, 3.8) is 0 Å². The Morgan fingerprint density at radius 1 is 1.23 bits per heavy atom. The van der Waals surface area contributed by atoms with Crippen LogP contribution in [0.2, 0.25) is 0 Å². The third-order valence-electron chi connectivity index (χ3n) is 3.99. The summed E-state index contributed by atoms with van der Waals surface area (Å²) in [7, 11) is 0. The molecule has 12 heteroatoms. The van der Waals surface area contributed by atoms with E-state index in [1.807, 2.05) is 0 Å². The Morgan fingerprint density at radius 2 is 1.97 bits per heavy atom. The number of nitrogens with one attached hydrogen (secondary N) is 2. The predicted octanol–water partition coefficient (Wildman–Crippen LogP) is 2.11. The molecule has 3 rings (SSSR count). The maximum absolute atomic E-state index is 11.4. The van der Waals surface area contributed by atoms with Gasteiger partial charge < -0.3 is 20.3 Å². The average molecular weight is 496 g/mol. The topological polar surface area (TPSA) is 168 Å². The first-order chi connectivity index (χ1) is 14.7. The third kappa shape index (κ3) is 6.49. The van der Waals surface area contributed by atoms with Crippen molar-refractivity contribution in [1.29, 1.82) is 0 Å². The van der Waals surface area contributed by atoms with Gasteiger partial charge in [-0.05, 0) is 24.1 Å². The van der Waals surface area contributed by atoms with Crippen LogP contribution in [0.1, 0.15) is 26.3 Å². The summed E-state index contributed by atoms with van der Waals surface area (Å²) >= 11 is 3.17. The number of nitrogens with zero attached hydrogens (tertiary/aromatic N) is 1. The highest BCUT2D eigenvalue weighted by Crippen LogP contribution is 2.29. The first kappa shape index (κ1) is 23.8. The molecular formula is C19H18BrN3O8. The van der Waals surface area contributed by atoms with Crippen molar-refractivity contribution in [1.82, 2.24) is 10.6 Å². The van der Waals surface area contributed by atoms with Gasteiger partial charge in [-0.2, -0.15) is 0 Å². The van der Waals surface area contributed by atoms with Gasteiger partial charge in [-0.15, -0.1) is 0 Å². The number of rotatable bonds is 7. The molecule has 11 nitrogen and oxygen atoms in total. The number of aliphatic hydroxyl groups is 1. The van der Waals surface area contributed by atoms with Gasteiger partial charge >= 0.3 is 11.8 Å². The molecule has 1 aliphatic heterocycles. The Labute approximate surface area is 184 Å². The minimum absolute atomic E-state index is 0.0175. The van der Waals surface area contributed by atoms with Crippen LogP contribution < -0.4 is 15.4 Å². The molecule has 1 aliphatic rings. The molecule has 4 N–H and O–H groups in total. The second kappa shape index (κ2) is 11.0. The number of carboxylic acid groups (broad SMARTS) is 1. The van der Waals surface area contributed by atoms with E-state index >= 15 is 0 Å². The van der Waals surface area contributed by atoms with E-state index in [0.29, 0.717) is 27.6 Å². The van der Waals surface area contributed by atoms with Gasteiger partial charge in [0.1, 0.15) is 6.61 Å². The molecule has 0 aromatic heterocycles. The number of benzene rings is 2. The largest absolute Gasteiger partial charge is 0.485 e. The first-order valence-electron chi connectivity index (χ1n) is 8.86. The second-order valence-corrected chi connectivity index (χ2v) is 6.96.